The number of pyridine rings is 1. The summed E-state index contributed by atoms with van der Waals surface area (Å²) < 4.78 is 34.5. The van der Waals surface area contributed by atoms with E-state index in [9.17, 15) is 13.2 Å². The highest BCUT2D eigenvalue weighted by molar-refractivity contribution is 7.86. The summed E-state index contributed by atoms with van der Waals surface area (Å²) >= 11 is 0. The van der Waals surface area contributed by atoms with Crippen LogP contribution in [-0.4, -0.2) is 67.3 Å². The summed E-state index contributed by atoms with van der Waals surface area (Å²) in [6, 6.07) is 13.2. The monoisotopic (exact) mass is 444 g/mol. The van der Waals surface area contributed by atoms with Crippen LogP contribution < -0.4 is 5.32 Å². The summed E-state index contributed by atoms with van der Waals surface area (Å²) in [7, 11) is -3.55. The number of carbonyl (C=O) groups excluding carboxylic acids is 1. The fourth-order valence-corrected chi connectivity index (χ4v) is 5.79. The molecule has 2 fully saturated rings. The van der Waals surface area contributed by atoms with Crippen LogP contribution in [0.4, 0.5) is 0 Å². The van der Waals surface area contributed by atoms with Gasteiger partial charge in [0.25, 0.3) is 16.1 Å². The first kappa shape index (κ1) is 21.9. The maximum Gasteiger partial charge on any atom is 0.282 e. The molecule has 2 aromatic rings. The Kier molecular flexibility index (Phi) is 6.96. The number of aromatic nitrogens is 1. The zero-order chi connectivity index (χ0) is 21.7. The van der Waals surface area contributed by atoms with Crippen molar-refractivity contribution >= 4 is 16.1 Å². The molecule has 2 aliphatic rings. The average Bonchev–Trinajstić information content (AvgIpc) is 2.84. The summed E-state index contributed by atoms with van der Waals surface area (Å²) in [4.78, 5) is 17.4. The van der Waals surface area contributed by atoms with Gasteiger partial charge in [-0.2, -0.15) is 17.0 Å². The van der Waals surface area contributed by atoms with E-state index in [0.717, 1.165) is 18.4 Å². The number of nitrogens with one attached hydrogen (secondary N) is 1. The second-order valence-corrected chi connectivity index (χ2v) is 9.75. The summed E-state index contributed by atoms with van der Waals surface area (Å²) in [5.41, 5.74) is 2.19. The Labute approximate surface area is 183 Å². The van der Waals surface area contributed by atoms with E-state index in [2.05, 4.69) is 10.3 Å². The molecule has 31 heavy (non-hydrogen) atoms. The lowest BCUT2D eigenvalue weighted by molar-refractivity contribution is 0.0695. The molecule has 0 aliphatic carbocycles. The SMILES string of the molecule is O=C(NCc1ccccc1)c1cccnc1[C@H]1CCCN(S(=O)(=O)N2CCOCC2)C1. The Hall–Kier alpha value is -2.33. The predicted molar refractivity (Wildman–Crippen MR) is 117 cm³/mol. The van der Waals surface area contributed by atoms with Gasteiger partial charge >= 0.3 is 0 Å². The predicted octanol–water partition coefficient (Wildman–Crippen LogP) is 1.77. The number of nitrogens with zero attached hydrogens (tertiary/aromatic N) is 3. The topological polar surface area (TPSA) is 91.8 Å². The lowest BCUT2D eigenvalue weighted by atomic mass is 9.92. The van der Waals surface area contributed by atoms with Crippen molar-refractivity contribution in [1.29, 1.82) is 0 Å². The minimum atomic E-state index is -3.55. The molecule has 1 aromatic carbocycles. The molecule has 8 nitrogen and oxygen atoms in total. The molecule has 1 amide bonds. The van der Waals surface area contributed by atoms with Crippen LogP contribution in [0.15, 0.2) is 48.7 Å². The third kappa shape index (κ3) is 5.12. The van der Waals surface area contributed by atoms with Crippen molar-refractivity contribution in [3.63, 3.8) is 0 Å². The smallest absolute Gasteiger partial charge is 0.282 e. The number of hydrogen-bond acceptors (Lipinski definition) is 5. The van der Waals surface area contributed by atoms with Crippen molar-refractivity contribution in [2.75, 3.05) is 39.4 Å². The average molecular weight is 445 g/mol. The van der Waals surface area contributed by atoms with Gasteiger partial charge in [0.05, 0.1) is 24.5 Å². The van der Waals surface area contributed by atoms with E-state index in [0.29, 0.717) is 57.2 Å². The van der Waals surface area contributed by atoms with Gasteiger partial charge in [-0.05, 0) is 30.5 Å². The van der Waals surface area contributed by atoms with Gasteiger partial charge in [0.2, 0.25) is 0 Å². The molecule has 0 spiro atoms. The van der Waals surface area contributed by atoms with Crippen molar-refractivity contribution < 1.29 is 17.9 Å². The third-order valence-electron chi connectivity index (χ3n) is 5.77. The number of amides is 1. The maximum atomic E-state index is 13.1. The van der Waals surface area contributed by atoms with Crippen LogP contribution in [0.1, 0.15) is 40.4 Å². The van der Waals surface area contributed by atoms with Crippen molar-refractivity contribution in [1.82, 2.24) is 18.9 Å². The number of hydrogen-bond donors (Lipinski definition) is 1. The van der Waals surface area contributed by atoms with E-state index in [4.69, 9.17) is 4.74 Å². The van der Waals surface area contributed by atoms with Crippen molar-refractivity contribution in [2.24, 2.45) is 0 Å². The zero-order valence-electron chi connectivity index (χ0n) is 17.4. The lowest BCUT2D eigenvalue weighted by Crippen LogP contribution is -2.51. The van der Waals surface area contributed by atoms with Crippen LogP contribution in [0.5, 0.6) is 0 Å². The van der Waals surface area contributed by atoms with Gasteiger partial charge in [0.15, 0.2) is 0 Å². The van der Waals surface area contributed by atoms with Gasteiger partial charge in [0, 0.05) is 44.8 Å². The molecule has 3 heterocycles. The molecular weight excluding hydrogens is 416 g/mol. The number of piperidine rings is 1. The molecule has 166 valence electrons. The number of benzene rings is 1. The second-order valence-electron chi connectivity index (χ2n) is 7.82. The highest BCUT2D eigenvalue weighted by Crippen LogP contribution is 2.30. The largest absolute Gasteiger partial charge is 0.379 e. The number of morpholine rings is 1. The number of rotatable bonds is 6. The van der Waals surface area contributed by atoms with E-state index in [1.807, 2.05) is 30.3 Å². The highest BCUT2D eigenvalue weighted by Gasteiger charge is 2.36. The molecule has 0 bridgehead atoms. The van der Waals surface area contributed by atoms with Gasteiger partial charge in [-0.1, -0.05) is 30.3 Å². The molecule has 0 unspecified atom stereocenters. The molecule has 4 rings (SSSR count). The Morgan fingerprint density at radius 3 is 2.61 bits per heavy atom. The second kappa shape index (κ2) is 9.86. The van der Waals surface area contributed by atoms with Crippen LogP contribution in [0.2, 0.25) is 0 Å². The first-order valence-corrected chi connectivity index (χ1v) is 12.1. The Balaban J connectivity index is 1.48. The van der Waals surface area contributed by atoms with Gasteiger partial charge in [-0.25, -0.2) is 0 Å². The van der Waals surface area contributed by atoms with Crippen molar-refractivity contribution in [3.8, 4) is 0 Å². The first-order valence-electron chi connectivity index (χ1n) is 10.7. The van der Waals surface area contributed by atoms with E-state index in [1.54, 1.807) is 18.3 Å². The summed E-state index contributed by atoms with van der Waals surface area (Å²) in [5.74, 6) is -0.316. The summed E-state index contributed by atoms with van der Waals surface area (Å²) in [5, 5.41) is 2.95. The fourth-order valence-electron chi connectivity index (χ4n) is 4.12. The molecule has 1 N–H and O–H groups in total. The normalized spacial score (nSPS) is 21.0. The number of ether oxygens (including phenoxy) is 1. The van der Waals surface area contributed by atoms with E-state index < -0.39 is 10.2 Å². The third-order valence-corrected chi connectivity index (χ3v) is 7.77. The summed E-state index contributed by atoms with van der Waals surface area (Å²) in [6.07, 6.45) is 3.19. The van der Waals surface area contributed by atoms with Gasteiger partial charge < -0.3 is 10.1 Å². The van der Waals surface area contributed by atoms with Gasteiger partial charge in [-0.15, -0.1) is 0 Å². The molecular formula is C22H28N4O4S. The molecule has 2 saturated heterocycles. The van der Waals surface area contributed by atoms with E-state index in [1.165, 1.54) is 8.61 Å². The highest BCUT2D eigenvalue weighted by atomic mass is 32.2. The quantitative estimate of drug-likeness (QED) is 0.733. The first-order chi connectivity index (χ1) is 15.1. The van der Waals surface area contributed by atoms with Crippen molar-refractivity contribution in [2.45, 2.75) is 25.3 Å². The Bertz CT molecular complexity index is 994. The summed E-state index contributed by atoms with van der Waals surface area (Å²) in [6.45, 7) is 2.83. The van der Waals surface area contributed by atoms with Crippen molar-refractivity contribution in [3.05, 3.63) is 65.5 Å². The standard InChI is InChI=1S/C22H28N4O4S/c27-22(24-16-18-6-2-1-3-7-18)20-9-4-10-23-21(20)19-8-5-11-26(17-19)31(28,29)25-12-14-30-15-13-25/h1-4,6-7,9-10,19H,5,8,11-17H2,(H,24,27)/t19-/m0/s1. The molecule has 0 saturated carbocycles. The van der Waals surface area contributed by atoms with Crippen LogP contribution in [0.3, 0.4) is 0 Å². The van der Waals surface area contributed by atoms with Gasteiger partial charge in [0.1, 0.15) is 0 Å². The molecule has 1 atom stereocenters. The fraction of sp³-hybridized carbons (Fsp3) is 0.455. The minimum Gasteiger partial charge on any atom is -0.379 e. The van der Waals surface area contributed by atoms with E-state index in [-0.39, 0.29) is 11.8 Å². The van der Waals surface area contributed by atoms with Crippen LogP contribution in [0.25, 0.3) is 0 Å². The molecule has 9 heteroatoms. The maximum absolute atomic E-state index is 13.1. The van der Waals surface area contributed by atoms with Crippen LogP contribution in [0, 0.1) is 0 Å². The number of carbonyl (C=O) groups is 1. The Morgan fingerprint density at radius 1 is 1.06 bits per heavy atom. The van der Waals surface area contributed by atoms with Crippen LogP contribution in [-0.2, 0) is 21.5 Å². The molecule has 2 aliphatic heterocycles. The minimum absolute atomic E-state index is 0.122. The molecule has 1 aromatic heterocycles. The molecule has 0 radical (unpaired) electrons. The van der Waals surface area contributed by atoms with Crippen LogP contribution >= 0.6 is 0 Å². The van der Waals surface area contributed by atoms with E-state index >= 15 is 0 Å². The zero-order valence-corrected chi connectivity index (χ0v) is 18.3. The van der Waals surface area contributed by atoms with Gasteiger partial charge in [-0.3, -0.25) is 9.78 Å². The lowest BCUT2D eigenvalue weighted by Gasteiger charge is -2.36. The Morgan fingerprint density at radius 2 is 1.84 bits per heavy atom.